The Balaban J connectivity index is 2.58. The van der Waals surface area contributed by atoms with Crippen LogP contribution in [0.3, 0.4) is 0 Å². The third-order valence-electron chi connectivity index (χ3n) is 3.29. The molecule has 0 aromatic heterocycles. The molecule has 0 aliphatic carbocycles. The third-order valence-corrected chi connectivity index (χ3v) is 3.29. The van der Waals surface area contributed by atoms with Gasteiger partial charge in [-0.3, -0.25) is 5.73 Å². The first-order valence-electron chi connectivity index (χ1n) is 6.14. The van der Waals surface area contributed by atoms with Crippen molar-refractivity contribution in [1.29, 1.82) is 0 Å². The van der Waals surface area contributed by atoms with Crippen molar-refractivity contribution in [2.45, 2.75) is 32.7 Å². The average molecular weight is 282 g/mol. The monoisotopic (exact) mass is 282 g/mol. The molecule has 0 aromatic carbocycles. The molecule has 2 aliphatic heterocycles. The van der Waals surface area contributed by atoms with Crippen molar-refractivity contribution in [3.63, 3.8) is 0 Å². The standard InChI is InChI=1S/C13H18N2O5/c1-12(2,3)9-8-6(10(16)18-4)7(11(17)19-5)13(14,15-9)20-8/h8H,14H2,1-5H3. The van der Waals surface area contributed by atoms with Gasteiger partial charge >= 0.3 is 11.9 Å². The highest BCUT2D eigenvalue weighted by molar-refractivity contribution is 6.13. The second-order valence-electron chi connectivity index (χ2n) is 5.71. The average Bonchev–Trinajstić information content (AvgIpc) is 2.86. The molecule has 2 bridgehead atoms. The minimum Gasteiger partial charge on any atom is -0.466 e. The zero-order valence-electron chi connectivity index (χ0n) is 12.1. The van der Waals surface area contributed by atoms with Crippen molar-refractivity contribution in [2.75, 3.05) is 14.2 Å². The fraction of sp³-hybridized carbons (Fsp3) is 0.615. The van der Waals surface area contributed by atoms with Crippen molar-refractivity contribution in [3.8, 4) is 0 Å². The summed E-state index contributed by atoms with van der Waals surface area (Å²) >= 11 is 0. The number of fused-ring (bicyclic) bond motifs is 2. The van der Waals surface area contributed by atoms with Gasteiger partial charge < -0.3 is 14.2 Å². The van der Waals surface area contributed by atoms with Crippen LogP contribution in [0.1, 0.15) is 20.8 Å². The zero-order chi connectivity index (χ0) is 15.3. The molecule has 110 valence electrons. The summed E-state index contributed by atoms with van der Waals surface area (Å²) in [7, 11) is 2.43. The minimum absolute atomic E-state index is 0.0711. The molecule has 2 N–H and O–H groups in total. The van der Waals surface area contributed by atoms with Crippen LogP contribution in [0.25, 0.3) is 0 Å². The zero-order valence-corrected chi connectivity index (χ0v) is 12.1. The topological polar surface area (TPSA) is 100 Å². The number of esters is 2. The van der Waals surface area contributed by atoms with Crippen LogP contribution in [0.15, 0.2) is 16.1 Å². The molecule has 2 rings (SSSR count). The highest BCUT2D eigenvalue weighted by Gasteiger charge is 2.59. The Bertz CT molecular complexity index is 543. The minimum atomic E-state index is -1.68. The van der Waals surface area contributed by atoms with Gasteiger partial charge in [0.25, 0.3) is 0 Å². The largest absolute Gasteiger partial charge is 0.466 e. The van der Waals surface area contributed by atoms with E-state index in [0.29, 0.717) is 5.71 Å². The van der Waals surface area contributed by atoms with Crippen molar-refractivity contribution >= 4 is 17.7 Å². The van der Waals surface area contributed by atoms with Crippen LogP contribution in [0, 0.1) is 5.41 Å². The van der Waals surface area contributed by atoms with Gasteiger partial charge in [0.15, 0.2) is 0 Å². The van der Waals surface area contributed by atoms with Gasteiger partial charge in [-0.1, -0.05) is 20.8 Å². The lowest BCUT2D eigenvalue weighted by Crippen LogP contribution is -2.42. The summed E-state index contributed by atoms with van der Waals surface area (Å²) in [5, 5.41) is 0. The Morgan fingerprint density at radius 2 is 1.80 bits per heavy atom. The van der Waals surface area contributed by atoms with E-state index in [9.17, 15) is 9.59 Å². The molecular weight excluding hydrogens is 264 g/mol. The highest BCUT2D eigenvalue weighted by Crippen LogP contribution is 2.44. The number of ether oxygens (including phenoxy) is 3. The Kier molecular flexibility index (Phi) is 3.22. The number of aliphatic imine (C=N–C) groups is 1. The normalized spacial score (nSPS) is 28.5. The molecule has 7 heteroatoms. The van der Waals surface area contributed by atoms with Gasteiger partial charge in [0.05, 0.1) is 25.5 Å². The number of hydrogen-bond acceptors (Lipinski definition) is 7. The molecule has 2 heterocycles. The van der Waals surface area contributed by atoms with E-state index in [0.717, 1.165) is 0 Å². The van der Waals surface area contributed by atoms with Gasteiger partial charge in [-0.05, 0) is 0 Å². The molecule has 0 amide bonds. The number of nitrogens with two attached hydrogens (primary N) is 1. The fourth-order valence-electron chi connectivity index (χ4n) is 2.37. The first kappa shape index (κ1) is 14.7. The summed E-state index contributed by atoms with van der Waals surface area (Å²) < 4.78 is 15.0. The van der Waals surface area contributed by atoms with Crippen LogP contribution in [-0.4, -0.2) is 43.8 Å². The lowest BCUT2D eigenvalue weighted by atomic mass is 9.82. The van der Waals surface area contributed by atoms with Crippen molar-refractivity contribution in [1.82, 2.24) is 0 Å². The van der Waals surface area contributed by atoms with Gasteiger partial charge in [-0.15, -0.1) is 0 Å². The Labute approximate surface area is 116 Å². The number of dihydropyridines is 1. The van der Waals surface area contributed by atoms with Crippen LogP contribution < -0.4 is 5.73 Å². The number of methoxy groups -OCH3 is 2. The Morgan fingerprint density at radius 1 is 1.25 bits per heavy atom. The molecule has 2 aliphatic rings. The smallest absolute Gasteiger partial charge is 0.340 e. The molecule has 0 aromatic rings. The molecular formula is C13H18N2O5. The first-order chi connectivity index (χ1) is 9.15. The van der Waals surface area contributed by atoms with E-state index < -0.39 is 23.9 Å². The van der Waals surface area contributed by atoms with Crippen molar-refractivity contribution < 1.29 is 23.8 Å². The number of hydrogen-bond donors (Lipinski definition) is 1. The molecule has 0 radical (unpaired) electrons. The lowest BCUT2D eigenvalue weighted by molar-refractivity contribution is -0.139. The number of carbonyl (C=O) groups excluding carboxylic acids is 2. The second-order valence-corrected chi connectivity index (χ2v) is 5.71. The number of carbonyl (C=O) groups is 2. The lowest BCUT2D eigenvalue weighted by Gasteiger charge is -2.25. The van der Waals surface area contributed by atoms with Crippen LogP contribution in [0.5, 0.6) is 0 Å². The second kappa shape index (κ2) is 4.39. The molecule has 2 unspecified atom stereocenters. The number of nitrogens with zero attached hydrogens (tertiary/aromatic N) is 1. The van der Waals surface area contributed by atoms with Crippen LogP contribution in [0.4, 0.5) is 0 Å². The summed E-state index contributed by atoms with van der Waals surface area (Å²) in [6, 6.07) is 0. The van der Waals surface area contributed by atoms with E-state index in [2.05, 4.69) is 9.73 Å². The molecule has 0 spiro atoms. The van der Waals surface area contributed by atoms with E-state index in [-0.39, 0.29) is 16.6 Å². The van der Waals surface area contributed by atoms with Crippen LogP contribution >= 0.6 is 0 Å². The Morgan fingerprint density at radius 3 is 2.25 bits per heavy atom. The molecule has 0 saturated carbocycles. The van der Waals surface area contributed by atoms with Crippen LogP contribution in [-0.2, 0) is 23.8 Å². The van der Waals surface area contributed by atoms with Gasteiger partial charge in [0, 0.05) is 5.41 Å². The fourth-order valence-corrected chi connectivity index (χ4v) is 2.37. The maximum atomic E-state index is 12.0. The third kappa shape index (κ3) is 1.94. The van der Waals surface area contributed by atoms with Gasteiger partial charge in [-0.25, -0.2) is 14.6 Å². The van der Waals surface area contributed by atoms with Gasteiger partial charge in [-0.2, -0.15) is 0 Å². The Hall–Kier alpha value is -1.73. The van der Waals surface area contributed by atoms with E-state index in [1.54, 1.807) is 0 Å². The van der Waals surface area contributed by atoms with Gasteiger partial charge in [0.2, 0.25) is 5.85 Å². The molecule has 2 atom stereocenters. The predicted molar refractivity (Wildman–Crippen MR) is 69.7 cm³/mol. The first-order valence-corrected chi connectivity index (χ1v) is 6.14. The summed E-state index contributed by atoms with van der Waals surface area (Å²) in [5.41, 5.74) is 6.24. The molecule has 7 nitrogen and oxygen atoms in total. The SMILES string of the molecule is COC(=O)C1=C(C(=O)OC)C2(N)N=C(C(C)(C)C)C1O2. The van der Waals surface area contributed by atoms with E-state index >= 15 is 0 Å². The highest BCUT2D eigenvalue weighted by atomic mass is 16.6. The summed E-state index contributed by atoms with van der Waals surface area (Å²) in [4.78, 5) is 28.1. The molecule has 0 saturated heterocycles. The quantitative estimate of drug-likeness (QED) is 0.723. The molecule has 0 fully saturated rings. The summed E-state index contributed by atoms with van der Waals surface area (Å²) in [5.74, 6) is -3.09. The van der Waals surface area contributed by atoms with E-state index in [1.165, 1.54) is 14.2 Å². The summed E-state index contributed by atoms with van der Waals surface area (Å²) in [6.45, 7) is 5.77. The number of rotatable bonds is 2. The van der Waals surface area contributed by atoms with Crippen molar-refractivity contribution in [3.05, 3.63) is 11.1 Å². The maximum Gasteiger partial charge on any atom is 0.340 e. The summed E-state index contributed by atoms with van der Waals surface area (Å²) in [6.07, 6.45) is -0.776. The van der Waals surface area contributed by atoms with E-state index in [4.69, 9.17) is 15.2 Å². The van der Waals surface area contributed by atoms with Crippen molar-refractivity contribution in [2.24, 2.45) is 16.1 Å². The predicted octanol–water partition coefficient (Wildman–Crippen LogP) is 0.141. The maximum absolute atomic E-state index is 12.0. The van der Waals surface area contributed by atoms with Crippen LogP contribution in [0.2, 0.25) is 0 Å². The molecule has 20 heavy (non-hydrogen) atoms. The van der Waals surface area contributed by atoms with E-state index in [1.807, 2.05) is 20.8 Å². The van der Waals surface area contributed by atoms with Gasteiger partial charge in [0.1, 0.15) is 11.7 Å².